The molecule has 2 aromatic heterocycles. The van der Waals surface area contributed by atoms with Gasteiger partial charge < -0.3 is 4.90 Å². The summed E-state index contributed by atoms with van der Waals surface area (Å²) in [5, 5.41) is 0. The van der Waals surface area contributed by atoms with Crippen molar-refractivity contribution in [3.05, 3.63) is 279 Å². The van der Waals surface area contributed by atoms with Gasteiger partial charge in [0, 0.05) is 53.0 Å². The predicted molar refractivity (Wildman–Crippen MR) is 270 cm³/mol. The van der Waals surface area contributed by atoms with Crippen LogP contribution in [0.25, 0.3) is 23.3 Å². The maximum atomic E-state index is 13.5. The number of benzene rings is 6. The summed E-state index contributed by atoms with van der Waals surface area (Å²) < 4.78 is 13.5. The average Bonchev–Trinajstić information content (AvgIpc) is 3.34. The predicted octanol–water partition coefficient (Wildman–Crippen LogP) is 15.5. The Bertz CT molecular complexity index is 2950. The van der Waals surface area contributed by atoms with E-state index in [1.807, 2.05) is 43.0 Å². The van der Waals surface area contributed by atoms with Crippen molar-refractivity contribution in [3.63, 3.8) is 0 Å². The number of aromatic nitrogens is 2. The van der Waals surface area contributed by atoms with Crippen molar-refractivity contribution < 1.29 is 4.39 Å². The highest BCUT2D eigenvalue weighted by atomic mass is 19.1. The van der Waals surface area contributed by atoms with E-state index in [1.165, 1.54) is 47.4 Å². The lowest BCUT2D eigenvalue weighted by Crippen LogP contribution is -2.12. The highest BCUT2D eigenvalue weighted by Crippen LogP contribution is 2.37. The van der Waals surface area contributed by atoms with Gasteiger partial charge in [-0.25, -0.2) is 4.39 Å². The summed E-state index contributed by atoms with van der Waals surface area (Å²) in [7, 11) is 0. The Morgan fingerprint density at radius 2 is 0.985 bits per heavy atom. The lowest BCUT2D eigenvalue weighted by molar-refractivity contribution is 0.627. The van der Waals surface area contributed by atoms with Crippen LogP contribution >= 0.6 is 0 Å². The number of hydrogen-bond donors (Lipinski definition) is 0. The summed E-state index contributed by atoms with van der Waals surface area (Å²) in [6.45, 7) is 4.14. The molecule has 0 radical (unpaired) electrons. The molecular weight excluding hydrogens is 794 g/mol. The summed E-state index contributed by atoms with van der Waals surface area (Å²) in [5.74, 6) is -0.211. The van der Waals surface area contributed by atoms with Crippen LogP contribution in [0.2, 0.25) is 0 Å². The molecule has 318 valence electrons. The molecule has 4 heteroatoms. The monoisotopic (exact) mass is 845 g/mol. The van der Waals surface area contributed by atoms with Gasteiger partial charge in [-0.1, -0.05) is 134 Å². The number of aryl methyl sites for hydroxylation is 4. The Morgan fingerprint density at radius 1 is 0.492 bits per heavy atom. The van der Waals surface area contributed by atoms with Gasteiger partial charge in [0.2, 0.25) is 0 Å². The van der Waals surface area contributed by atoms with Gasteiger partial charge in [0.05, 0.1) is 0 Å². The first-order valence-corrected chi connectivity index (χ1v) is 22.5. The fourth-order valence-corrected chi connectivity index (χ4v) is 8.67. The number of allylic oxidation sites excluding steroid dienone is 4. The Morgan fingerprint density at radius 3 is 1.54 bits per heavy atom. The van der Waals surface area contributed by atoms with Crippen molar-refractivity contribution in [2.45, 2.75) is 46.0 Å². The Labute approximate surface area is 383 Å². The van der Waals surface area contributed by atoms with Gasteiger partial charge in [0.15, 0.2) is 0 Å². The number of hydrogen-bond acceptors (Lipinski definition) is 3. The van der Waals surface area contributed by atoms with E-state index in [1.54, 1.807) is 0 Å². The Hall–Kier alpha value is -7.69. The molecule has 3 nitrogen and oxygen atoms in total. The average molecular weight is 846 g/mol. The van der Waals surface area contributed by atoms with Crippen molar-refractivity contribution in [2.24, 2.45) is 0 Å². The minimum absolute atomic E-state index is 0.211. The van der Waals surface area contributed by atoms with Crippen molar-refractivity contribution >= 4 is 40.4 Å². The maximum absolute atomic E-state index is 13.5. The van der Waals surface area contributed by atoms with E-state index < -0.39 is 0 Å². The fourth-order valence-electron chi connectivity index (χ4n) is 8.67. The molecule has 1 aliphatic carbocycles. The number of pyridine rings is 2. The van der Waals surface area contributed by atoms with Crippen LogP contribution in [0.1, 0.15) is 79.6 Å². The zero-order valence-electron chi connectivity index (χ0n) is 37.0. The first kappa shape index (κ1) is 42.6. The van der Waals surface area contributed by atoms with Gasteiger partial charge in [-0.2, -0.15) is 0 Å². The van der Waals surface area contributed by atoms with E-state index in [2.05, 4.69) is 193 Å². The van der Waals surface area contributed by atoms with Gasteiger partial charge in [-0.05, 0) is 173 Å². The summed E-state index contributed by atoms with van der Waals surface area (Å²) in [6.07, 6.45) is 26.1. The number of nitrogens with zero attached hydrogens (tertiary/aromatic N) is 3. The smallest absolute Gasteiger partial charge is 0.123 e. The second-order valence-electron chi connectivity index (χ2n) is 16.9. The first-order valence-electron chi connectivity index (χ1n) is 22.5. The standard InChI is InChI=1S/C61H52FN3/c1-44-36-54(42-63-40-44)61(55-37-45(2)41-64-43-55)17-9-11-47-24-33-58(34-25-47)65(59-35-28-50-12-6-7-15-53(50)39-59)57-31-22-46(23-32-57)10-8-16-60(51-13-4-3-5-14-51)52-26-18-48(19-27-52)38-49-20-29-56(62)30-21-49/h3-5,8-11,13-14,16-37,39-43H,6-7,12,15,38H2,1-2H3. The minimum Gasteiger partial charge on any atom is -0.310 e. The Kier molecular flexibility index (Phi) is 13.3. The molecular formula is C61H52FN3. The van der Waals surface area contributed by atoms with E-state index in [9.17, 15) is 4.39 Å². The molecule has 0 fully saturated rings. The number of anilines is 3. The molecule has 0 spiro atoms. The van der Waals surface area contributed by atoms with Gasteiger partial charge in [0.25, 0.3) is 0 Å². The lowest BCUT2D eigenvalue weighted by atomic mass is 9.91. The molecule has 0 saturated heterocycles. The summed E-state index contributed by atoms with van der Waals surface area (Å²) >= 11 is 0. The van der Waals surface area contributed by atoms with Crippen LogP contribution in [0.4, 0.5) is 21.5 Å². The second kappa shape index (κ2) is 20.2. The number of halogens is 1. The van der Waals surface area contributed by atoms with Crippen molar-refractivity contribution in [1.82, 2.24) is 9.97 Å². The molecule has 0 unspecified atom stereocenters. The zero-order valence-corrected chi connectivity index (χ0v) is 37.0. The molecule has 0 saturated carbocycles. The van der Waals surface area contributed by atoms with Crippen LogP contribution in [0.5, 0.6) is 0 Å². The summed E-state index contributed by atoms with van der Waals surface area (Å²) in [6, 6.07) is 55.0. The number of rotatable bonds is 13. The van der Waals surface area contributed by atoms with E-state index in [0.29, 0.717) is 0 Å². The highest BCUT2D eigenvalue weighted by Gasteiger charge is 2.17. The summed E-state index contributed by atoms with van der Waals surface area (Å²) in [5.41, 5.74) is 19.7. The molecule has 9 rings (SSSR count). The van der Waals surface area contributed by atoms with Gasteiger partial charge in [0.1, 0.15) is 5.82 Å². The van der Waals surface area contributed by atoms with Crippen LogP contribution in [-0.2, 0) is 19.3 Å². The highest BCUT2D eigenvalue weighted by molar-refractivity contribution is 5.83. The van der Waals surface area contributed by atoms with Crippen LogP contribution in [-0.4, -0.2) is 9.97 Å². The normalized spacial score (nSPS) is 12.6. The minimum atomic E-state index is -0.211. The quantitative estimate of drug-likeness (QED) is 0.108. The van der Waals surface area contributed by atoms with Crippen LogP contribution in [0, 0.1) is 19.7 Å². The van der Waals surface area contributed by atoms with E-state index >= 15 is 0 Å². The third-order valence-electron chi connectivity index (χ3n) is 12.0. The summed E-state index contributed by atoms with van der Waals surface area (Å²) in [4.78, 5) is 11.3. The van der Waals surface area contributed by atoms with Gasteiger partial charge in [-0.3, -0.25) is 9.97 Å². The Balaban J connectivity index is 0.975. The first-order chi connectivity index (χ1) is 31.9. The van der Waals surface area contributed by atoms with Crippen molar-refractivity contribution in [1.29, 1.82) is 0 Å². The van der Waals surface area contributed by atoms with E-state index in [-0.39, 0.29) is 5.82 Å². The molecule has 0 N–H and O–H groups in total. The number of fused-ring (bicyclic) bond motifs is 1. The second-order valence-corrected chi connectivity index (χ2v) is 16.9. The molecule has 2 heterocycles. The van der Waals surface area contributed by atoms with Gasteiger partial charge in [-0.15, -0.1) is 0 Å². The molecule has 6 aromatic carbocycles. The largest absolute Gasteiger partial charge is 0.310 e. The SMILES string of the molecule is Cc1cncc(C(=CC=Cc2ccc(N(c3ccc(C=CC=C(c4ccccc4)c4ccc(Cc5ccc(F)cc5)cc4)cc3)c3ccc4c(c3)CCCC4)cc2)c2cncc(C)c2)c1. The van der Waals surface area contributed by atoms with Crippen LogP contribution < -0.4 is 4.90 Å². The molecule has 65 heavy (non-hydrogen) atoms. The van der Waals surface area contributed by atoms with Crippen LogP contribution in [0.3, 0.4) is 0 Å². The van der Waals surface area contributed by atoms with Gasteiger partial charge >= 0.3 is 0 Å². The third-order valence-corrected chi connectivity index (χ3v) is 12.0. The molecule has 8 aromatic rings. The maximum Gasteiger partial charge on any atom is 0.123 e. The molecule has 0 amide bonds. The zero-order chi connectivity index (χ0) is 44.4. The van der Waals surface area contributed by atoms with Crippen molar-refractivity contribution in [2.75, 3.05) is 4.90 Å². The third kappa shape index (κ3) is 10.7. The lowest BCUT2D eigenvalue weighted by Gasteiger charge is -2.27. The molecule has 0 atom stereocenters. The fraction of sp³-hybridized carbons (Fsp3) is 0.115. The van der Waals surface area contributed by atoms with Crippen molar-refractivity contribution in [3.8, 4) is 0 Å². The topological polar surface area (TPSA) is 29.0 Å². The van der Waals surface area contributed by atoms with E-state index in [0.717, 1.165) is 91.9 Å². The van der Waals surface area contributed by atoms with Crippen LogP contribution in [0.15, 0.2) is 207 Å². The molecule has 1 aliphatic rings. The van der Waals surface area contributed by atoms with E-state index in [4.69, 9.17) is 0 Å². The molecule has 0 bridgehead atoms. The molecule has 0 aliphatic heterocycles.